The summed E-state index contributed by atoms with van der Waals surface area (Å²) < 4.78 is 5.79. The molecule has 2 amide bonds. The van der Waals surface area contributed by atoms with Gasteiger partial charge in [-0.2, -0.15) is 0 Å². The predicted octanol–water partition coefficient (Wildman–Crippen LogP) is 5.71. The average molecular weight is 479 g/mol. The summed E-state index contributed by atoms with van der Waals surface area (Å²) in [6.45, 7) is 11.4. The van der Waals surface area contributed by atoms with Crippen LogP contribution in [0.2, 0.25) is 10.0 Å². The van der Waals surface area contributed by atoms with Crippen molar-refractivity contribution in [2.75, 3.05) is 6.61 Å². The minimum absolute atomic E-state index is 0.204. The summed E-state index contributed by atoms with van der Waals surface area (Å²) >= 11 is 12.6. The first-order chi connectivity index (χ1) is 14.9. The largest absolute Gasteiger partial charge is 0.484 e. The van der Waals surface area contributed by atoms with Gasteiger partial charge < -0.3 is 15.0 Å². The lowest BCUT2D eigenvalue weighted by Gasteiger charge is -2.33. The van der Waals surface area contributed by atoms with Gasteiger partial charge in [-0.3, -0.25) is 9.59 Å². The van der Waals surface area contributed by atoms with Gasteiger partial charge in [-0.15, -0.1) is 0 Å². The Morgan fingerprint density at radius 2 is 1.69 bits per heavy atom. The molecular weight excluding hydrogens is 447 g/mol. The van der Waals surface area contributed by atoms with E-state index in [-0.39, 0.29) is 25.0 Å². The molecule has 0 aliphatic carbocycles. The molecule has 0 saturated carbocycles. The fourth-order valence-corrected chi connectivity index (χ4v) is 3.70. The van der Waals surface area contributed by atoms with Crippen molar-refractivity contribution in [2.24, 2.45) is 0 Å². The van der Waals surface area contributed by atoms with Gasteiger partial charge in [-0.1, -0.05) is 48.3 Å². The summed E-state index contributed by atoms with van der Waals surface area (Å²) in [7, 11) is 0. The maximum atomic E-state index is 13.3. The zero-order valence-corrected chi connectivity index (χ0v) is 21.1. The van der Waals surface area contributed by atoms with Crippen LogP contribution in [0.15, 0.2) is 36.4 Å². The number of carbonyl (C=O) groups is 2. The van der Waals surface area contributed by atoms with Gasteiger partial charge in [-0.05, 0) is 75.9 Å². The Hall–Kier alpha value is -2.24. The van der Waals surface area contributed by atoms with Crippen LogP contribution in [0.4, 0.5) is 0 Å². The Morgan fingerprint density at radius 1 is 1.09 bits per heavy atom. The van der Waals surface area contributed by atoms with E-state index in [2.05, 4.69) is 5.32 Å². The molecule has 7 heteroatoms. The fourth-order valence-electron chi connectivity index (χ4n) is 3.40. The van der Waals surface area contributed by atoms with E-state index in [4.69, 9.17) is 27.9 Å². The normalized spacial score (nSPS) is 12.2. The number of rotatable bonds is 8. The third kappa shape index (κ3) is 7.14. The third-order valence-electron chi connectivity index (χ3n) is 4.95. The van der Waals surface area contributed by atoms with Crippen molar-refractivity contribution in [1.82, 2.24) is 10.2 Å². The molecule has 174 valence electrons. The van der Waals surface area contributed by atoms with Crippen LogP contribution in [-0.4, -0.2) is 34.9 Å². The molecule has 0 aliphatic heterocycles. The quantitative estimate of drug-likeness (QED) is 0.528. The van der Waals surface area contributed by atoms with Crippen LogP contribution in [0.3, 0.4) is 0 Å². The molecule has 0 spiro atoms. The second-order valence-electron chi connectivity index (χ2n) is 8.94. The number of halogens is 2. The number of amides is 2. The van der Waals surface area contributed by atoms with E-state index < -0.39 is 11.6 Å². The minimum Gasteiger partial charge on any atom is -0.484 e. The lowest BCUT2D eigenvalue weighted by molar-refractivity contribution is -0.143. The van der Waals surface area contributed by atoms with Crippen LogP contribution in [-0.2, 0) is 16.1 Å². The van der Waals surface area contributed by atoms with Crippen molar-refractivity contribution in [1.29, 1.82) is 0 Å². The Labute approximate surface area is 201 Å². The molecule has 0 aliphatic rings. The predicted molar refractivity (Wildman–Crippen MR) is 130 cm³/mol. The number of ether oxygens (including phenoxy) is 1. The Balaban J connectivity index is 2.28. The molecule has 0 radical (unpaired) electrons. The van der Waals surface area contributed by atoms with Crippen LogP contribution < -0.4 is 10.1 Å². The minimum atomic E-state index is -0.657. The third-order valence-corrected chi connectivity index (χ3v) is 5.92. The van der Waals surface area contributed by atoms with Crippen molar-refractivity contribution in [3.63, 3.8) is 0 Å². The Kier molecular flexibility index (Phi) is 8.99. The second-order valence-corrected chi connectivity index (χ2v) is 9.72. The van der Waals surface area contributed by atoms with E-state index in [1.165, 1.54) is 4.90 Å². The first-order valence-electron chi connectivity index (χ1n) is 10.7. The zero-order chi connectivity index (χ0) is 24.1. The molecule has 0 heterocycles. The number of nitrogens with one attached hydrogen (secondary N) is 1. The number of aryl methyl sites for hydroxylation is 2. The first kappa shape index (κ1) is 26.0. The lowest BCUT2D eigenvalue weighted by Crippen LogP contribution is -2.54. The number of hydrogen-bond acceptors (Lipinski definition) is 3. The molecule has 2 aromatic rings. The highest BCUT2D eigenvalue weighted by Crippen LogP contribution is 2.26. The Bertz CT molecular complexity index is 947. The van der Waals surface area contributed by atoms with Crippen molar-refractivity contribution < 1.29 is 14.3 Å². The molecule has 0 fully saturated rings. The maximum absolute atomic E-state index is 13.3. The molecule has 32 heavy (non-hydrogen) atoms. The number of hydrogen-bond donors (Lipinski definition) is 1. The highest BCUT2D eigenvalue weighted by molar-refractivity contribution is 6.32. The van der Waals surface area contributed by atoms with Crippen molar-refractivity contribution in [2.45, 2.75) is 66.1 Å². The van der Waals surface area contributed by atoms with E-state index in [0.29, 0.717) is 22.2 Å². The van der Waals surface area contributed by atoms with Crippen molar-refractivity contribution in [3.8, 4) is 5.75 Å². The molecule has 1 N–H and O–H groups in total. The van der Waals surface area contributed by atoms with Crippen LogP contribution in [0.1, 0.15) is 50.8 Å². The second kappa shape index (κ2) is 11.1. The molecule has 2 rings (SSSR count). The van der Waals surface area contributed by atoms with Gasteiger partial charge in [0.25, 0.3) is 5.91 Å². The smallest absolute Gasteiger partial charge is 0.261 e. The summed E-state index contributed by atoms with van der Waals surface area (Å²) in [5, 5.41) is 4.20. The van der Waals surface area contributed by atoms with Crippen LogP contribution in [0.5, 0.6) is 5.75 Å². The van der Waals surface area contributed by atoms with E-state index in [9.17, 15) is 9.59 Å². The lowest BCUT2D eigenvalue weighted by atomic mass is 10.1. The van der Waals surface area contributed by atoms with Crippen LogP contribution in [0, 0.1) is 13.8 Å². The molecule has 1 unspecified atom stereocenters. The molecule has 0 bridgehead atoms. The molecule has 0 saturated heterocycles. The molecule has 1 atom stereocenters. The van der Waals surface area contributed by atoms with Gasteiger partial charge in [-0.25, -0.2) is 0 Å². The van der Waals surface area contributed by atoms with Crippen LogP contribution in [0.25, 0.3) is 0 Å². The van der Waals surface area contributed by atoms with E-state index in [0.717, 1.165) is 16.7 Å². The van der Waals surface area contributed by atoms with Crippen molar-refractivity contribution in [3.05, 3.63) is 63.1 Å². The van der Waals surface area contributed by atoms with E-state index in [1.54, 1.807) is 18.2 Å². The zero-order valence-electron chi connectivity index (χ0n) is 19.6. The SMILES string of the molecule is CCC(C(=O)NC(C)(C)C)N(Cc1ccccc1Cl)C(=O)COc1cc(C)c(Cl)c(C)c1. The van der Waals surface area contributed by atoms with Gasteiger partial charge in [0.05, 0.1) is 0 Å². The Morgan fingerprint density at radius 3 is 2.22 bits per heavy atom. The highest BCUT2D eigenvalue weighted by Gasteiger charge is 2.31. The topological polar surface area (TPSA) is 58.6 Å². The average Bonchev–Trinajstić information content (AvgIpc) is 2.70. The fraction of sp³-hybridized carbons (Fsp3) is 0.440. The molecular formula is C25H32Cl2N2O3. The summed E-state index contributed by atoms with van der Waals surface area (Å²) in [5.41, 5.74) is 2.09. The highest BCUT2D eigenvalue weighted by atomic mass is 35.5. The standard InChI is InChI=1S/C25H32Cl2N2O3/c1-7-21(24(31)28-25(4,5)6)29(14-18-10-8-9-11-20(18)26)22(30)15-32-19-12-16(2)23(27)17(3)13-19/h8-13,21H,7,14-15H2,1-6H3,(H,28,31). The summed E-state index contributed by atoms with van der Waals surface area (Å²) in [6, 6.07) is 10.2. The monoisotopic (exact) mass is 478 g/mol. The molecule has 2 aromatic carbocycles. The van der Waals surface area contributed by atoms with E-state index >= 15 is 0 Å². The molecule has 0 aromatic heterocycles. The van der Waals surface area contributed by atoms with Crippen molar-refractivity contribution >= 4 is 35.0 Å². The van der Waals surface area contributed by atoms with Crippen LogP contribution >= 0.6 is 23.2 Å². The van der Waals surface area contributed by atoms with E-state index in [1.807, 2.05) is 59.7 Å². The number of carbonyl (C=O) groups excluding carboxylic acids is 2. The van der Waals surface area contributed by atoms with Gasteiger partial charge in [0.2, 0.25) is 5.91 Å². The van der Waals surface area contributed by atoms with Gasteiger partial charge in [0.15, 0.2) is 6.61 Å². The van der Waals surface area contributed by atoms with Gasteiger partial charge in [0.1, 0.15) is 11.8 Å². The molecule has 5 nitrogen and oxygen atoms in total. The number of benzene rings is 2. The van der Waals surface area contributed by atoms with Gasteiger partial charge in [0, 0.05) is 22.1 Å². The maximum Gasteiger partial charge on any atom is 0.261 e. The van der Waals surface area contributed by atoms with Gasteiger partial charge >= 0.3 is 0 Å². The summed E-state index contributed by atoms with van der Waals surface area (Å²) in [5.74, 6) is 0.0484. The number of nitrogens with zero attached hydrogens (tertiary/aromatic N) is 1. The summed E-state index contributed by atoms with van der Waals surface area (Å²) in [6.07, 6.45) is 0.456. The first-order valence-corrected chi connectivity index (χ1v) is 11.4. The summed E-state index contributed by atoms with van der Waals surface area (Å²) in [4.78, 5) is 27.8.